The molecular formula is C13H15NO. The summed E-state index contributed by atoms with van der Waals surface area (Å²) in [5.41, 5.74) is 3.23. The lowest BCUT2D eigenvalue weighted by atomic mass is 9.87. The van der Waals surface area contributed by atoms with E-state index in [0.29, 0.717) is 6.42 Å². The van der Waals surface area contributed by atoms with Crippen LogP contribution in [-0.4, -0.2) is 24.8 Å². The number of aryl methyl sites for hydroxylation is 1. The maximum absolute atomic E-state index is 11.8. The van der Waals surface area contributed by atoms with Crippen LogP contribution in [0.4, 0.5) is 0 Å². The highest BCUT2D eigenvalue weighted by Crippen LogP contribution is 2.27. The van der Waals surface area contributed by atoms with Crippen molar-refractivity contribution >= 4 is 11.4 Å². The fourth-order valence-electron chi connectivity index (χ4n) is 1.93. The van der Waals surface area contributed by atoms with Crippen molar-refractivity contribution in [2.75, 3.05) is 14.1 Å². The van der Waals surface area contributed by atoms with Crippen molar-refractivity contribution < 1.29 is 4.79 Å². The van der Waals surface area contributed by atoms with E-state index in [0.717, 1.165) is 17.6 Å². The fourth-order valence-corrected chi connectivity index (χ4v) is 1.93. The number of Topliss-reactive ketones (excluding diaryl/α,β-unsaturated/α-hetero) is 1. The lowest BCUT2D eigenvalue weighted by Gasteiger charge is -2.19. The van der Waals surface area contributed by atoms with Gasteiger partial charge in [0.2, 0.25) is 0 Å². The summed E-state index contributed by atoms with van der Waals surface area (Å²) in [5, 5.41) is 0. The zero-order valence-corrected chi connectivity index (χ0v) is 9.16. The molecule has 0 heterocycles. The Bertz CT molecular complexity index is 418. The molecule has 0 aromatic heterocycles. The molecule has 0 bridgehead atoms. The van der Waals surface area contributed by atoms with Crippen LogP contribution in [-0.2, 0) is 11.2 Å². The average molecular weight is 201 g/mol. The highest BCUT2D eigenvalue weighted by Gasteiger charge is 2.20. The Balaban J connectivity index is 2.51. The lowest BCUT2D eigenvalue weighted by Crippen LogP contribution is -2.15. The van der Waals surface area contributed by atoms with Gasteiger partial charge in [-0.1, -0.05) is 24.3 Å². The molecule has 2 nitrogen and oxygen atoms in total. The van der Waals surface area contributed by atoms with Crippen LogP contribution < -0.4 is 0 Å². The smallest absolute Gasteiger partial charge is 0.165 e. The Morgan fingerprint density at radius 3 is 2.67 bits per heavy atom. The highest BCUT2D eigenvalue weighted by molar-refractivity contribution is 6.22. The van der Waals surface area contributed by atoms with E-state index in [4.69, 9.17) is 0 Å². The number of benzene rings is 1. The van der Waals surface area contributed by atoms with Gasteiger partial charge in [0.25, 0.3) is 0 Å². The molecule has 0 radical (unpaired) electrons. The van der Waals surface area contributed by atoms with E-state index in [1.54, 1.807) is 0 Å². The molecule has 1 aromatic carbocycles. The van der Waals surface area contributed by atoms with Crippen molar-refractivity contribution in [3.63, 3.8) is 0 Å². The van der Waals surface area contributed by atoms with Gasteiger partial charge in [-0.05, 0) is 17.5 Å². The van der Waals surface area contributed by atoms with Crippen molar-refractivity contribution in [2.24, 2.45) is 0 Å². The van der Waals surface area contributed by atoms with E-state index < -0.39 is 0 Å². The molecule has 1 aromatic rings. The predicted octanol–water partition coefficient (Wildman–Crippen LogP) is 2.10. The second-order valence-electron chi connectivity index (χ2n) is 4.09. The van der Waals surface area contributed by atoms with Gasteiger partial charge in [-0.25, -0.2) is 0 Å². The maximum atomic E-state index is 11.8. The summed E-state index contributed by atoms with van der Waals surface area (Å²) in [4.78, 5) is 13.7. The molecule has 0 saturated carbocycles. The number of allylic oxidation sites excluding steroid dienone is 1. The van der Waals surface area contributed by atoms with Gasteiger partial charge in [-0.2, -0.15) is 0 Å². The summed E-state index contributed by atoms with van der Waals surface area (Å²) in [7, 11) is 3.88. The Labute approximate surface area is 90.2 Å². The average Bonchev–Trinajstić information content (AvgIpc) is 2.22. The SMILES string of the molecule is CN(C)C=C1C(=O)CCc2ccccc21. The Hall–Kier alpha value is -1.57. The molecule has 0 atom stereocenters. The second kappa shape index (κ2) is 3.89. The standard InChI is InChI=1S/C13H15NO/c1-14(2)9-12-11-6-4-3-5-10(11)7-8-13(12)15/h3-6,9H,7-8H2,1-2H3. The number of carbonyl (C=O) groups is 1. The molecule has 2 heteroatoms. The van der Waals surface area contributed by atoms with Gasteiger partial charge in [0, 0.05) is 32.3 Å². The number of fused-ring (bicyclic) bond motifs is 1. The molecule has 0 N–H and O–H groups in total. The molecule has 1 aliphatic rings. The minimum absolute atomic E-state index is 0.252. The fraction of sp³-hybridized carbons (Fsp3) is 0.308. The van der Waals surface area contributed by atoms with E-state index >= 15 is 0 Å². The molecule has 0 saturated heterocycles. The molecule has 2 rings (SSSR count). The minimum atomic E-state index is 0.252. The van der Waals surface area contributed by atoms with Crippen molar-refractivity contribution in [2.45, 2.75) is 12.8 Å². The van der Waals surface area contributed by atoms with Gasteiger partial charge in [0.15, 0.2) is 5.78 Å². The third-order valence-electron chi connectivity index (χ3n) is 2.62. The molecule has 1 aliphatic carbocycles. The molecule has 0 amide bonds. The minimum Gasteiger partial charge on any atom is -0.383 e. The normalized spacial score (nSPS) is 17.7. The van der Waals surface area contributed by atoms with Gasteiger partial charge in [0.05, 0.1) is 0 Å². The molecule has 0 unspecified atom stereocenters. The summed E-state index contributed by atoms with van der Waals surface area (Å²) >= 11 is 0. The lowest BCUT2D eigenvalue weighted by molar-refractivity contribution is -0.113. The zero-order chi connectivity index (χ0) is 10.8. The van der Waals surface area contributed by atoms with Crippen LogP contribution >= 0.6 is 0 Å². The van der Waals surface area contributed by atoms with Crippen LogP contribution in [0.25, 0.3) is 5.57 Å². The topological polar surface area (TPSA) is 20.3 Å². The number of hydrogen-bond donors (Lipinski definition) is 0. The molecule has 0 fully saturated rings. The van der Waals surface area contributed by atoms with Gasteiger partial charge in [0.1, 0.15) is 0 Å². The molecule has 0 aliphatic heterocycles. The first-order valence-corrected chi connectivity index (χ1v) is 5.18. The van der Waals surface area contributed by atoms with Crippen LogP contribution in [0.3, 0.4) is 0 Å². The van der Waals surface area contributed by atoms with Crippen LogP contribution in [0, 0.1) is 0 Å². The van der Waals surface area contributed by atoms with Gasteiger partial charge in [-0.15, -0.1) is 0 Å². The Morgan fingerprint density at radius 2 is 1.93 bits per heavy atom. The van der Waals surface area contributed by atoms with E-state index in [9.17, 15) is 4.79 Å². The maximum Gasteiger partial charge on any atom is 0.165 e. The third-order valence-corrected chi connectivity index (χ3v) is 2.62. The van der Waals surface area contributed by atoms with Crippen LogP contribution in [0.2, 0.25) is 0 Å². The quantitative estimate of drug-likeness (QED) is 0.648. The monoisotopic (exact) mass is 201 g/mol. The Kier molecular flexibility index (Phi) is 2.58. The first-order chi connectivity index (χ1) is 7.18. The van der Waals surface area contributed by atoms with E-state index in [1.165, 1.54) is 5.56 Å². The van der Waals surface area contributed by atoms with Crippen LogP contribution in [0.5, 0.6) is 0 Å². The first-order valence-electron chi connectivity index (χ1n) is 5.18. The third kappa shape index (κ3) is 1.94. The van der Waals surface area contributed by atoms with Crippen molar-refractivity contribution in [3.8, 4) is 0 Å². The largest absolute Gasteiger partial charge is 0.383 e. The number of nitrogens with zero attached hydrogens (tertiary/aromatic N) is 1. The van der Waals surface area contributed by atoms with Gasteiger partial charge in [-0.3, -0.25) is 4.79 Å². The van der Waals surface area contributed by atoms with Crippen molar-refractivity contribution in [1.29, 1.82) is 0 Å². The molecule has 78 valence electrons. The number of carbonyl (C=O) groups excluding carboxylic acids is 1. The summed E-state index contributed by atoms with van der Waals surface area (Å²) in [5.74, 6) is 0.252. The van der Waals surface area contributed by atoms with Crippen molar-refractivity contribution in [3.05, 3.63) is 41.6 Å². The van der Waals surface area contributed by atoms with Crippen molar-refractivity contribution in [1.82, 2.24) is 4.90 Å². The molecule has 0 spiro atoms. The predicted molar refractivity (Wildman–Crippen MR) is 61.4 cm³/mol. The van der Waals surface area contributed by atoms with E-state index in [-0.39, 0.29) is 5.78 Å². The number of ketones is 1. The second-order valence-corrected chi connectivity index (χ2v) is 4.09. The molecular weight excluding hydrogens is 186 g/mol. The van der Waals surface area contributed by atoms with Gasteiger partial charge < -0.3 is 4.90 Å². The van der Waals surface area contributed by atoms with E-state index in [1.807, 2.05) is 43.4 Å². The number of hydrogen-bond acceptors (Lipinski definition) is 2. The number of rotatable bonds is 1. The molecule has 15 heavy (non-hydrogen) atoms. The Morgan fingerprint density at radius 1 is 1.20 bits per heavy atom. The van der Waals surface area contributed by atoms with Gasteiger partial charge >= 0.3 is 0 Å². The van der Waals surface area contributed by atoms with Crippen LogP contribution in [0.15, 0.2) is 30.5 Å². The highest BCUT2D eigenvalue weighted by atomic mass is 16.1. The summed E-state index contributed by atoms with van der Waals surface area (Å²) in [6.07, 6.45) is 3.43. The van der Waals surface area contributed by atoms with Crippen LogP contribution in [0.1, 0.15) is 17.5 Å². The summed E-state index contributed by atoms with van der Waals surface area (Å²) in [6.45, 7) is 0. The summed E-state index contributed by atoms with van der Waals surface area (Å²) in [6, 6.07) is 8.15. The van der Waals surface area contributed by atoms with E-state index in [2.05, 4.69) is 6.07 Å². The zero-order valence-electron chi connectivity index (χ0n) is 9.16. The summed E-state index contributed by atoms with van der Waals surface area (Å²) < 4.78 is 0. The first kappa shape index (κ1) is 9.97.